The third kappa shape index (κ3) is 3.85. The SMILES string of the molecule is CCn1cc(S(=O)(=O)Nc2cnn(Cc3ccccc3Cl)c2)c(C)n1. The van der Waals surface area contributed by atoms with Gasteiger partial charge in [-0.05, 0) is 25.5 Å². The first kappa shape index (κ1) is 17.5. The lowest BCUT2D eigenvalue weighted by Crippen LogP contribution is -2.13. The molecule has 0 unspecified atom stereocenters. The first-order valence-electron chi connectivity index (χ1n) is 7.72. The molecule has 0 aliphatic heterocycles. The zero-order chi connectivity index (χ0) is 18.0. The molecule has 0 saturated carbocycles. The molecule has 0 aliphatic carbocycles. The highest BCUT2D eigenvalue weighted by Gasteiger charge is 2.21. The van der Waals surface area contributed by atoms with Crippen molar-refractivity contribution >= 4 is 27.3 Å². The van der Waals surface area contributed by atoms with E-state index in [2.05, 4.69) is 14.9 Å². The summed E-state index contributed by atoms with van der Waals surface area (Å²) in [5.41, 5.74) is 1.75. The summed E-state index contributed by atoms with van der Waals surface area (Å²) in [5.74, 6) is 0. The van der Waals surface area contributed by atoms with Crippen LogP contribution in [-0.4, -0.2) is 28.0 Å². The second kappa shape index (κ2) is 6.89. The van der Waals surface area contributed by atoms with E-state index in [-0.39, 0.29) is 4.90 Å². The van der Waals surface area contributed by atoms with Gasteiger partial charge in [-0.3, -0.25) is 14.1 Å². The van der Waals surface area contributed by atoms with Crippen molar-refractivity contribution in [1.82, 2.24) is 19.6 Å². The van der Waals surface area contributed by atoms with Gasteiger partial charge in [0.2, 0.25) is 0 Å². The molecule has 1 N–H and O–H groups in total. The molecule has 132 valence electrons. The maximum atomic E-state index is 12.6. The van der Waals surface area contributed by atoms with E-state index in [0.29, 0.717) is 29.5 Å². The third-order valence-electron chi connectivity index (χ3n) is 3.69. The maximum absolute atomic E-state index is 12.6. The van der Waals surface area contributed by atoms with Crippen molar-refractivity contribution in [2.45, 2.75) is 31.8 Å². The normalized spacial score (nSPS) is 11.6. The van der Waals surface area contributed by atoms with Crippen LogP contribution in [0.3, 0.4) is 0 Å². The van der Waals surface area contributed by atoms with Gasteiger partial charge in [0, 0.05) is 24.0 Å². The van der Waals surface area contributed by atoms with Crippen molar-refractivity contribution in [3.05, 3.63) is 59.1 Å². The summed E-state index contributed by atoms with van der Waals surface area (Å²) in [6.07, 6.45) is 4.61. The van der Waals surface area contributed by atoms with E-state index in [0.717, 1.165) is 5.56 Å². The molecule has 0 spiro atoms. The Labute approximate surface area is 151 Å². The lowest BCUT2D eigenvalue weighted by molar-refractivity contribution is 0.600. The zero-order valence-electron chi connectivity index (χ0n) is 13.8. The third-order valence-corrected chi connectivity index (χ3v) is 5.54. The van der Waals surface area contributed by atoms with Gasteiger partial charge in [-0.15, -0.1) is 0 Å². The Balaban J connectivity index is 1.78. The van der Waals surface area contributed by atoms with Gasteiger partial charge in [-0.1, -0.05) is 29.8 Å². The maximum Gasteiger partial charge on any atom is 0.265 e. The fourth-order valence-corrected chi connectivity index (χ4v) is 3.85. The van der Waals surface area contributed by atoms with E-state index in [4.69, 9.17) is 11.6 Å². The minimum atomic E-state index is -3.71. The minimum absolute atomic E-state index is 0.160. The number of hydrogen-bond donors (Lipinski definition) is 1. The number of halogens is 1. The molecule has 0 bridgehead atoms. The van der Waals surface area contributed by atoms with Crippen LogP contribution in [0, 0.1) is 6.92 Å². The van der Waals surface area contributed by atoms with Crippen molar-refractivity contribution in [1.29, 1.82) is 0 Å². The van der Waals surface area contributed by atoms with E-state index < -0.39 is 10.0 Å². The summed E-state index contributed by atoms with van der Waals surface area (Å²) in [6, 6.07) is 7.45. The van der Waals surface area contributed by atoms with Crippen molar-refractivity contribution in [2.75, 3.05) is 4.72 Å². The molecule has 2 aromatic heterocycles. The molecule has 9 heteroatoms. The number of nitrogens with zero attached hydrogens (tertiary/aromatic N) is 4. The van der Waals surface area contributed by atoms with Crippen LogP contribution in [0.25, 0.3) is 0 Å². The minimum Gasteiger partial charge on any atom is -0.276 e. The van der Waals surface area contributed by atoms with E-state index >= 15 is 0 Å². The molecule has 3 aromatic rings. The Bertz CT molecular complexity index is 994. The average molecular weight is 380 g/mol. The predicted molar refractivity (Wildman–Crippen MR) is 96.2 cm³/mol. The van der Waals surface area contributed by atoms with Crippen LogP contribution in [0.2, 0.25) is 5.02 Å². The fourth-order valence-electron chi connectivity index (χ4n) is 2.44. The van der Waals surface area contributed by atoms with Crippen LogP contribution in [0.5, 0.6) is 0 Å². The van der Waals surface area contributed by atoms with E-state index in [9.17, 15) is 8.42 Å². The summed E-state index contributed by atoms with van der Waals surface area (Å²) in [4.78, 5) is 0.160. The number of hydrogen-bond acceptors (Lipinski definition) is 4. The van der Waals surface area contributed by atoms with Crippen LogP contribution < -0.4 is 4.72 Å². The van der Waals surface area contributed by atoms with E-state index in [1.54, 1.807) is 28.6 Å². The van der Waals surface area contributed by atoms with Gasteiger partial charge in [0.1, 0.15) is 4.90 Å². The van der Waals surface area contributed by atoms with Crippen LogP contribution >= 0.6 is 11.6 Å². The number of aryl methyl sites for hydroxylation is 2. The lowest BCUT2D eigenvalue weighted by atomic mass is 10.2. The smallest absolute Gasteiger partial charge is 0.265 e. The molecule has 0 fully saturated rings. The average Bonchev–Trinajstić information content (AvgIpc) is 3.16. The number of rotatable bonds is 6. The largest absolute Gasteiger partial charge is 0.276 e. The summed E-state index contributed by atoms with van der Waals surface area (Å²) in [6.45, 7) is 4.62. The summed E-state index contributed by atoms with van der Waals surface area (Å²) in [7, 11) is -3.71. The molecule has 0 aliphatic rings. The number of sulfonamides is 1. The zero-order valence-corrected chi connectivity index (χ0v) is 15.4. The van der Waals surface area contributed by atoms with Gasteiger partial charge >= 0.3 is 0 Å². The van der Waals surface area contributed by atoms with Crippen molar-refractivity contribution in [2.24, 2.45) is 0 Å². The van der Waals surface area contributed by atoms with Gasteiger partial charge in [-0.2, -0.15) is 10.2 Å². The van der Waals surface area contributed by atoms with Gasteiger partial charge in [0.25, 0.3) is 10.0 Å². The Hall–Kier alpha value is -2.32. The topological polar surface area (TPSA) is 81.8 Å². The van der Waals surface area contributed by atoms with Gasteiger partial charge in [0.05, 0.1) is 24.1 Å². The molecular formula is C16H18ClN5O2S. The van der Waals surface area contributed by atoms with Crippen molar-refractivity contribution in [3.8, 4) is 0 Å². The predicted octanol–water partition coefficient (Wildman–Crippen LogP) is 2.91. The molecular weight excluding hydrogens is 362 g/mol. The Morgan fingerprint density at radius 3 is 2.64 bits per heavy atom. The standard InChI is InChI=1S/C16H18ClN5O2S/c1-3-21-11-16(12(2)19-21)25(23,24)20-14-8-18-22(10-14)9-13-6-4-5-7-15(13)17/h4-8,10-11,20H,3,9H2,1-2H3. The molecule has 0 amide bonds. The van der Waals surface area contributed by atoms with Crippen LogP contribution in [0.1, 0.15) is 18.2 Å². The highest BCUT2D eigenvalue weighted by Crippen LogP contribution is 2.20. The number of aromatic nitrogens is 4. The monoisotopic (exact) mass is 379 g/mol. The van der Waals surface area contributed by atoms with Gasteiger partial charge in [-0.25, -0.2) is 8.42 Å². The number of nitrogens with one attached hydrogen (secondary N) is 1. The Kier molecular flexibility index (Phi) is 4.82. The summed E-state index contributed by atoms with van der Waals surface area (Å²) >= 11 is 6.14. The van der Waals surface area contributed by atoms with Crippen molar-refractivity contribution in [3.63, 3.8) is 0 Å². The van der Waals surface area contributed by atoms with Crippen LogP contribution in [0.15, 0.2) is 47.8 Å². The highest BCUT2D eigenvalue weighted by atomic mass is 35.5. The number of benzene rings is 1. The Morgan fingerprint density at radius 2 is 1.96 bits per heavy atom. The van der Waals surface area contributed by atoms with Gasteiger partial charge in [0.15, 0.2) is 0 Å². The molecule has 3 rings (SSSR count). The van der Waals surface area contributed by atoms with Crippen LogP contribution in [0.4, 0.5) is 5.69 Å². The first-order valence-corrected chi connectivity index (χ1v) is 9.58. The molecule has 2 heterocycles. The summed E-state index contributed by atoms with van der Waals surface area (Å²) < 4.78 is 30.9. The van der Waals surface area contributed by atoms with E-state index in [1.165, 1.54) is 12.4 Å². The molecule has 0 atom stereocenters. The first-order chi connectivity index (χ1) is 11.9. The van der Waals surface area contributed by atoms with Gasteiger partial charge < -0.3 is 0 Å². The highest BCUT2D eigenvalue weighted by molar-refractivity contribution is 7.92. The number of anilines is 1. The lowest BCUT2D eigenvalue weighted by Gasteiger charge is -2.05. The second-order valence-electron chi connectivity index (χ2n) is 5.56. The quantitative estimate of drug-likeness (QED) is 0.713. The second-order valence-corrected chi connectivity index (χ2v) is 7.62. The van der Waals surface area contributed by atoms with Crippen LogP contribution in [-0.2, 0) is 23.1 Å². The van der Waals surface area contributed by atoms with E-state index in [1.807, 2.05) is 25.1 Å². The molecule has 0 radical (unpaired) electrons. The molecule has 25 heavy (non-hydrogen) atoms. The summed E-state index contributed by atoms with van der Waals surface area (Å²) in [5, 5.41) is 9.00. The van der Waals surface area contributed by atoms with Crippen molar-refractivity contribution < 1.29 is 8.42 Å². The molecule has 0 saturated heterocycles. The Morgan fingerprint density at radius 1 is 1.20 bits per heavy atom. The molecule has 1 aromatic carbocycles. The molecule has 7 nitrogen and oxygen atoms in total. The fraction of sp³-hybridized carbons (Fsp3) is 0.250.